The van der Waals surface area contributed by atoms with Gasteiger partial charge in [0.2, 0.25) is 0 Å². The van der Waals surface area contributed by atoms with Gasteiger partial charge >= 0.3 is 0 Å². The van der Waals surface area contributed by atoms with Crippen molar-refractivity contribution >= 4 is 41.7 Å². The molecule has 2 N–H and O–H groups in total. The predicted molar refractivity (Wildman–Crippen MR) is 130 cm³/mol. The zero-order valence-corrected chi connectivity index (χ0v) is 20.6. The van der Waals surface area contributed by atoms with E-state index in [9.17, 15) is 0 Å². The lowest BCUT2D eigenvalue weighted by molar-refractivity contribution is 0.107. The van der Waals surface area contributed by atoms with Crippen LogP contribution in [0.15, 0.2) is 28.1 Å². The van der Waals surface area contributed by atoms with Gasteiger partial charge < -0.3 is 15.5 Å². The molecule has 154 valence electrons. The number of piperazine rings is 1. The zero-order chi connectivity index (χ0) is 18.9. The molecule has 1 heterocycles. The number of hydrogen-bond donors (Lipinski definition) is 2. The number of aryl methyl sites for hydroxylation is 1. The highest BCUT2D eigenvalue weighted by molar-refractivity contribution is 14.0. The van der Waals surface area contributed by atoms with Gasteiger partial charge in [0.1, 0.15) is 0 Å². The summed E-state index contributed by atoms with van der Waals surface area (Å²) in [6.07, 6.45) is 2.13. The van der Waals surface area contributed by atoms with E-state index in [0.717, 1.165) is 38.7 Å². The number of nitrogens with one attached hydrogen (secondary N) is 2. The van der Waals surface area contributed by atoms with Gasteiger partial charge in [0.05, 0.1) is 0 Å². The number of rotatable bonds is 7. The third-order valence-electron chi connectivity index (χ3n) is 5.15. The van der Waals surface area contributed by atoms with Crippen molar-refractivity contribution in [2.45, 2.75) is 38.3 Å². The van der Waals surface area contributed by atoms with Crippen LogP contribution in [0.25, 0.3) is 0 Å². The van der Waals surface area contributed by atoms with E-state index in [1.54, 1.807) is 11.8 Å². The van der Waals surface area contributed by atoms with E-state index in [1.807, 2.05) is 7.05 Å². The summed E-state index contributed by atoms with van der Waals surface area (Å²) in [6.45, 7) is 14.2. The highest BCUT2D eigenvalue weighted by Gasteiger charge is 2.20. The van der Waals surface area contributed by atoms with Crippen LogP contribution in [-0.2, 0) is 6.54 Å². The third-order valence-corrected chi connectivity index (χ3v) is 5.97. The van der Waals surface area contributed by atoms with Gasteiger partial charge in [-0.3, -0.25) is 9.89 Å². The van der Waals surface area contributed by atoms with Crippen molar-refractivity contribution in [1.82, 2.24) is 20.4 Å². The normalized spacial score (nSPS) is 17.3. The first-order chi connectivity index (χ1) is 12.6. The summed E-state index contributed by atoms with van der Waals surface area (Å²) < 4.78 is 0. The van der Waals surface area contributed by atoms with Gasteiger partial charge in [-0.15, -0.1) is 35.7 Å². The quantitative estimate of drug-likeness (QED) is 0.258. The Labute approximate surface area is 186 Å². The molecule has 1 saturated heterocycles. The van der Waals surface area contributed by atoms with Crippen LogP contribution < -0.4 is 10.6 Å². The standard InChI is InChI=1S/C20H35N5S.HI/c1-6-24-9-11-25(12-10-24)17(3)14-22-20(21-4)23-15-18-8-7-16(2)13-19(18)26-5;/h7-8,13,17H,6,9-12,14-15H2,1-5H3,(H2,21,22,23);1H. The van der Waals surface area contributed by atoms with Gasteiger partial charge in [-0.2, -0.15) is 0 Å². The Morgan fingerprint density at radius 2 is 1.93 bits per heavy atom. The molecule has 1 aromatic rings. The van der Waals surface area contributed by atoms with E-state index in [2.05, 4.69) is 70.7 Å². The number of hydrogen-bond acceptors (Lipinski definition) is 4. The maximum Gasteiger partial charge on any atom is 0.191 e. The molecule has 1 atom stereocenters. The van der Waals surface area contributed by atoms with Crippen LogP contribution in [0.3, 0.4) is 0 Å². The minimum atomic E-state index is 0. The average molecular weight is 506 g/mol. The van der Waals surface area contributed by atoms with E-state index < -0.39 is 0 Å². The van der Waals surface area contributed by atoms with Gasteiger partial charge in [0.15, 0.2) is 5.96 Å². The largest absolute Gasteiger partial charge is 0.355 e. The minimum absolute atomic E-state index is 0. The van der Waals surface area contributed by atoms with Crippen LogP contribution in [0.4, 0.5) is 0 Å². The van der Waals surface area contributed by atoms with Gasteiger partial charge in [-0.05, 0) is 43.8 Å². The van der Waals surface area contributed by atoms with Gasteiger partial charge in [0.25, 0.3) is 0 Å². The highest BCUT2D eigenvalue weighted by Crippen LogP contribution is 2.21. The first kappa shape index (κ1) is 24.5. The molecule has 0 aliphatic carbocycles. The number of thioether (sulfide) groups is 1. The van der Waals surface area contributed by atoms with Gasteiger partial charge in [-0.1, -0.05) is 19.1 Å². The molecule has 0 spiro atoms. The van der Waals surface area contributed by atoms with Crippen LogP contribution in [0, 0.1) is 6.92 Å². The molecule has 0 bridgehead atoms. The predicted octanol–water partition coefficient (Wildman–Crippen LogP) is 3.03. The molecule has 1 aliphatic rings. The molecule has 0 saturated carbocycles. The van der Waals surface area contributed by atoms with Crippen molar-refractivity contribution < 1.29 is 0 Å². The molecule has 5 nitrogen and oxygen atoms in total. The van der Waals surface area contributed by atoms with Crippen molar-refractivity contribution in [1.29, 1.82) is 0 Å². The van der Waals surface area contributed by atoms with Crippen LogP contribution in [-0.4, -0.2) is 74.4 Å². The van der Waals surface area contributed by atoms with E-state index in [-0.39, 0.29) is 24.0 Å². The Hall–Kier alpha value is -0.510. The summed E-state index contributed by atoms with van der Waals surface area (Å²) in [4.78, 5) is 10.8. The minimum Gasteiger partial charge on any atom is -0.355 e. The molecule has 27 heavy (non-hydrogen) atoms. The lowest BCUT2D eigenvalue weighted by Crippen LogP contribution is -2.53. The molecule has 1 fully saturated rings. The number of nitrogens with zero attached hydrogens (tertiary/aromatic N) is 3. The van der Waals surface area contributed by atoms with Crippen LogP contribution >= 0.6 is 35.7 Å². The van der Waals surface area contributed by atoms with Crippen molar-refractivity contribution in [2.24, 2.45) is 4.99 Å². The van der Waals surface area contributed by atoms with E-state index >= 15 is 0 Å². The second kappa shape index (κ2) is 12.9. The zero-order valence-electron chi connectivity index (χ0n) is 17.4. The topological polar surface area (TPSA) is 42.9 Å². The smallest absolute Gasteiger partial charge is 0.191 e. The average Bonchev–Trinajstić information content (AvgIpc) is 2.68. The van der Waals surface area contributed by atoms with E-state index in [1.165, 1.54) is 29.1 Å². The van der Waals surface area contributed by atoms with Crippen LogP contribution in [0.5, 0.6) is 0 Å². The fourth-order valence-corrected chi connectivity index (χ4v) is 4.00. The second-order valence-electron chi connectivity index (χ2n) is 6.94. The lowest BCUT2D eigenvalue weighted by Gasteiger charge is -2.37. The molecule has 0 radical (unpaired) electrons. The van der Waals surface area contributed by atoms with Gasteiger partial charge in [-0.25, -0.2) is 0 Å². The maximum atomic E-state index is 4.38. The van der Waals surface area contributed by atoms with Gasteiger partial charge in [0, 0.05) is 57.3 Å². The molecular formula is C20H36IN5S. The van der Waals surface area contributed by atoms with E-state index in [0.29, 0.717) is 6.04 Å². The van der Waals surface area contributed by atoms with Crippen molar-refractivity contribution in [3.05, 3.63) is 29.3 Å². The summed E-state index contributed by atoms with van der Waals surface area (Å²) in [7, 11) is 1.84. The van der Waals surface area contributed by atoms with Crippen LogP contribution in [0.1, 0.15) is 25.0 Å². The number of halogens is 1. The van der Waals surface area contributed by atoms with Crippen molar-refractivity contribution in [3.63, 3.8) is 0 Å². The molecule has 0 amide bonds. The third kappa shape index (κ3) is 7.79. The Bertz CT molecular complexity index is 588. The molecule has 1 aromatic carbocycles. The summed E-state index contributed by atoms with van der Waals surface area (Å²) in [5.74, 6) is 0.872. The first-order valence-electron chi connectivity index (χ1n) is 9.61. The summed E-state index contributed by atoms with van der Waals surface area (Å²) in [5.41, 5.74) is 2.62. The van der Waals surface area contributed by atoms with Crippen molar-refractivity contribution in [2.75, 3.05) is 52.6 Å². The molecule has 2 rings (SSSR count). The fraction of sp³-hybridized carbons (Fsp3) is 0.650. The number of aliphatic imine (C=N–C) groups is 1. The highest BCUT2D eigenvalue weighted by atomic mass is 127. The maximum absolute atomic E-state index is 4.38. The monoisotopic (exact) mass is 505 g/mol. The Morgan fingerprint density at radius 1 is 1.22 bits per heavy atom. The number of benzene rings is 1. The molecule has 7 heteroatoms. The second-order valence-corrected chi connectivity index (χ2v) is 7.79. The Morgan fingerprint density at radius 3 is 2.52 bits per heavy atom. The SMILES string of the molecule is CCN1CCN(C(C)CNC(=NC)NCc2ccc(C)cc2SC)CC1.I. The summed E-state index contributed by atoms with van der Waals surface area (Å²) >= 11 is 1.80. The fourth-order valence-electron chi connectivity index (χ4n) is 3.29. The summed E-state index contributed by atoms with van der Waals surface area (Å²) in [5, 5.41) is 6.94. The Balaban J connectivity index is 0.00000364. The lowest BCUT2D eigenvalue weighted by atomic mass is 10.1. The first-order valence-corrected chi connectivity index (χ1v) is 10.8. The van der Waals surface area contributed by atoms with Crippen molar-refractivity contribution in [3.8, 4) is 0 Å². The van der Waals surface area contributed by atoms with Crippen LogP contribution in [0.2, 0.25) is 0 Å². The van der Waals surface area contributed by atoms with E-state index in [4.69, 9.17) is 0 Å². The molecule has 1 aliphatic heterocycles. The molecule has 0 aromatic heterocycles. The molecule has 1 unspecified atom stereocenters. The Kier molecular flexibility index (Phi) is 11.7. The molecular weight excluding hydrogens is 469 g/mol. The number of likely N-dealkylation sites (N-methyl/N-ethyl adjacent to an activating group) is 1. The summed E-state index contributed by atoms with van der Waals surface area (Å²) in [6, 6.07) is 7.13. The number of guanidine groups is 1.